The van der Waals surface area contributed by atoms with Crippen LogP contribution in [0, 0.1) is 5.82 Å². The molecule has 0 radical (unpaired) electrons. The fourth-order valence-corrected chi connectivity index (χ4v) is 2.45. The molecular weight excluding hydrogens is 274 g/mol. The van der Waals surface area contributed by atoms with E-state index in [1.807, 2.05) is 0 Å². The van der Waals surface area contributed by atoms with E-state index in [9.17, 15) is 17.6 Å². The lowest BCUT2D eigenvalue weighted by atomic mass is 9.97. The SMILES string of the molecule is NC(CCC1CCCO1)c1cccc(C(F)(F)F)c1F. The Bertz CT molecular complexity index is 455. The highest BCUT2D eigenvalue weighted by Crippen LogP contribution is 2.34. The molecule has 2 unspecified atom stereocenters. The van der Waals surface area contributed by atoms with E-state index in [4.69, 9.17) is 10.5 Å². The van der Waals surface area contributed by atoms with Crippen LogP contribution in [0.2, 0.25) is 0 Å². The zero-order valence-corrected chi connectivity index (χ0v) is 10.9. The number of nitrogens with two attached hydrogens (primary N) is 1. The van der Waals surface area contributed by atoms with E-state index in [1.54, 1.807) is 0 Å². The third-order valence-corrected chi connectivity index (χ3v) is 3.56. The minimum Gasteiger partial charge on any atom is -0.378 e. The first-order valence-corrected chi connectivity index (χ1v) is 6.62. The van der Waals surface area contributed by atoms with Crippen molar-refractivity contribution in [2.24, 2.45) is 5.73 Å². The monoisotopic (exact) mass is 291 g/mol. The molecule has 2 N–H and O–H groups in total. The largest absolute Gasteiger partial charge is 0.419 e. The van der Waals surface area contributed by atoms with Crippen molar-refractivity contribution in [2.75, 3.05) is 6.61 Å². The highest BCUT2D eigenvalue weighted by Gasteiger charge is 2.35. The van der Waals surface area contributed by atoms with Crippen LogP contribution >= 0.6 is 0 Å². The summed E-state index contributed by atoms with van der Waals surface area (Å²) < 4.78 is 57.2. The van der Waals surface area contributed by atoms with Crippen molar-refractivity contribution >= 4 is 0 Å². The predicted octanol–water partition coefficient (Wildman–Crippen LogP) is 3.80. The highest BCUT2D eigenvalue weighted by molar-refractivity contribution is 5.30. The molecule has 6 heteroatoms. The molecule has 0 aliphatic carbocycles. The van der Waals surface area contributed by atoms with Crippen molar-refractivity contribution in [3.05, 3.63) is 35.1 Å². The average Bonchev–Trinajstić information content (AvgIpc) is 2.88. The van der Waals surface area contributed by atoms with Gasteiger partial charge in [0, 0.05) is 18.2 Å². The maximum absolute atomic E-state index is 13.9. The number of benzene rings is 1. The van der Waals surface area contributed by atoms with E-state index < -0.39 is 23.6 Å². The van der Waals surface area contributed by atoms with Gasteiger partial charge in [-0.3, -0.25) is 0 Å². The van der Waals surface area contributed by atoms with Gasteiger partial charge in [0.15, 0.2) is 0 Å². The van der Waals surface area contributed by atoms with Crippen LogP contribution in [0.15, 0.2) is 18.2 Å². The summed E-state index contributed by atoms with van der Waals surface area (Å²) in [6.07, 6.45) is -1.65. The summed E-state index contributed by atoms with van der Waals surface area (Å²) in [5, 5.41) is 0. The molecule has 2 nitrogen and oxygen atoms in total. The van der Waals surface area contributed by atoms with Crippen LogP contribution < -0.4 is 5.73 Å². The van der Waals surface area contributed by atoms with E-state index in [0.29, 0.717) is 19.4 Å². The molecule has 0 saturated carbocycles. The Kier molecular flexibility index (Phi) is 4.65. The molecule has 1 saturated heterocycles. The molecule has 1 aromatic carbocycles. The van der Waals surface area contributed by atoms with Crippen molar-refractivity contribution in [1.82, 2.24) is 0 Å². The van der Waals surface area contributed by atoms with Gasteiger partial charge >= 0.3 is 6.18 Å². The van der Waals surface area contributed by atoms with Gasteiger partial charge in [0.25, 0.3) is 0 Å². The molecule has 0 spiro atoms. The smallest absolute Gasteiger partial charge is 0.378 e. The molecule has 0 amide bonds. The molecular formula is C14H17F4NO. The Hall–Kier alpha value is -1.14. The summed E-state index contributed by atoms with van der Waals surface area (Å²) in [5.74, 6) is -1.26. The van der Waals surface area contributed by atoms with Crippen LogP contribution in [0.4, 0.5) is 17.6 Å². The van der Waals surface area contributed by atoms with E-state index in [2.05, 4.69) is 0 Å². The van der Waals surface area contributed by atoms with Crippen molar-refractivity contribution in [3.63, 3.8) is 0 Å². The first-order chi connectivity index (χ1) is 9.39. The van der Waals surface area contributed by atoms with Gasteiger partial charge in [0.05, 0.1) is 11.7 Å². The zero-order valence-electron chi connectivity index (χ0n) is 10.9. The van der Waals surface area contributed by atoms with E-state index >= 15 is 0 Å². The van der Waals surface area contributed by atoms with Crippen LogP contribution in [-0.4, -0.2) is 12.7 Å². The van der Waals surface area contributed by atoms with Crippen LogP contribution in [0.25, 0.3) is 0 Å². The summed E-state index contributed by atoms with van der Waals surface area (Å²) in [4.78, 5) is 0. The van der Waals surface area contributed by atoms with Crippen LogP contribution in [0.3, 0.4) is 0 Å². The fourth-order valence-electron chi connectivity index (χ4n) is 2.45. The maximum Gasteiger partial charge on any atom is 0.419 e. The summed E-state index contributed by atoms with van der Waals surface area (Å²) in [6.45, 7) is 0.706. The second kappa shape index (κ2) is 6.10. The molecule has 2 atom stereocenters. The summed E-state index contributed by atoms with van der Waals surface area (Å²) in [5.41, 5.74) is 4.48. The molecule has 1 fully saturated rings. The molecule has 0 bridgehead atoms. The number of hydrogen-bond acceptors (Lipinski definition) is 2. The van der Waals surface area contributed by atoms with Crippen molar-refractivity contribution in [2.45, 2.75) is 44.0 Å². The lowest BCUT2D eigenvalue weighted by Gasteiger charge is -2.17. The summed E-state index contributed by atoms with van der Waals surface area (Å²) in [7, 11) is 0. The first kappa shape index (κ1) is 15.3. The Balaban J connectivity index is 2.07. The van der Waals surface area contributed by atoms with Gasteiger partial charge in [-0.2, -0.15) is 13.2 Å². The third kappa shape index (κ3) is 3.49. The van der Waals surface area contributed by atoms with Gasteiger partial charge in [-0.25, -0.2) is 4.39 Å². The van der Waals surface area contributed by atoms with Crippen LogP contribution in [0.1, 0.15) is 42.9 Å². The Morgan fingerprint density at radius 3 is 2.70 bits per heavy atom. The Morgan fingerprint density at radius 1 is 1.35 bits per heavy atom. The minimum absolute atomic E-state index is 0.0854. The Labute approximate surface area is 114 Å². The van der Waals surface area contributed by atoms with Crippen molar-refractivity contribution in [1.29, 1.82) is 0 Å². The average molecular weight is 291 g/mol. The van der Waals surface area contributed by atoms with Crippen LogP contribution in [0.5, 0.6) is 0 Å². The summed E-state index contributed by atoms with van der Waals surface area (Å²) in [6, 6.07) is 2.48. The minimum atomic E-state index is -4.70. The topological polar surface area (TPSA) is 35.2 Å². The number of rotatable bonds is 4. The van der Waals surface area contributed by atoms with Gasteiger partial charge in [-0.1, -0.05) is 12.1 Å². The highest BCUT2D eigenvalue weighted by atomic mass is 19.4. The molecule has 20 heavy (non-hydrogen) atoms. The Morgan fingerprint density at radius 2 is 2.10 bits per heavy atom. The van der Waals surface area contributed by atoms with Crippen molar-refractivity contribution < 1.29 is 22.3 Å². The standard InChI is InChI=1S/C14H17F4NO/c15-13-10(4-1-5-11(13)14(16,17)18)12(19)7-6-9-3-2-8-20-9/h1,4-5,9,12H,2-3,6-8,19H2. The fraction of sp³-hybridized carbons (Fsp3) is 0.571. The molecule has 1 aliphatic heterocycles. The third-order valence-electron chi connectivity index (χ3n) is 3.56. The zero-order chi connectivity index (χ0) is 14.8. The quantitative estimate of drug-likeness (QED) is 0.856. The molecule has 1 aromatic rings. The molecule has 112 valence electrons. The van der Waals surface area contributed by atoms with E-state index in [0.717, 1.165) is 18.9 Å². The van der Waals surface area contributed by atoms with Gasteiger partial charge in [-0.15, -0.1) is 0 Å². The lowest BCUT2D eigenvalue weighted by Crippen LogP contribution is -2.18. The maximum atomic E-state index is 13.9. The normalized spacial score (nSPS) is 21.1. The van der Waals surface area contributed by atoms with Gasteiger partial charge < -0.3 is 10.5 Å². The predicted molar refractivity (Wildman–Crippen MR) is 66.5 cm³/mol. The van der Waals surface area contributed by atoms with E-state index in [1.165, 1.54) is 12.1 Å². The number of hydrogen-bond donors (Lipinski definition) is 1. The second-order valence-electron chi connectivity index (χ2n) is 5.03. The lowest BCUT2D eigenvalue weighted by molar-refractivity contribution is -0.140. The first-order valence-electron chi connectivity index (χ1n) is 6.62. The molecule has 1 aliphatic rings. The van der Waals surface area contributed by atoms with Crippen molar-refractivity contribution in [3.8, 4) is 0 Å². The number of ether oxygens (including phenoxy) is 1. The number of halogens is 4. The van der Waals surface area contributed by atoms with Gasteiger partial charge in [0.1, 0.15) is 5.82 Å². The number of alkyl halides is 3. The molecule has 2 rings (SSSR count). The van der Waals surface area contributed by atoms with E-state index in [-0.39, 0.29) is 11.7 Å². The van der Waals surface area contributed by atoms with Gasteiger partial charge in [0.2, 0.25) is 0 Å². The second-order valence-corrected chi connectivity index (χ2v) is 5.03. The molecule has 0 aromatic heterocycles. The molecule has 1 heterocycles. The van der Waals surface area contributed by atoms with Gasteiger partial charge in [-0.05, 0) is 31.7 Å². The van der Waals surface area contributed by atoms with Crippen LogP contribution in [-0.2, 0) is 10.9 Å². The summed E-state index contributed by atoms with van der Waals surface area (Å²) >= 11 is 0.